The Kier molecular flexibility index (Phi) is 5.08. The summed E-state index contributed by atoms with van der Waals surface area (Å²) in [5.74, 6) is 0.522. The largest absolute Gasteiger partial charge is 0.484 e. The molecule has 1 N–H and O–H groups in total. The molecule has 1 aromatic carbocycles. The van der Waals surface area contributed by atoms with Gasteiger partial charge in [0.15, 0.2) is 6.61 Å². The molecule has 8 heteroatoms. The van der Waals surface area contributed by atoms with Crippen molar-refractivity contribution < 1.29 is 19.2 Å². The highest BCUT2D eigenvalue weighted by Gasteiger charge is 2.17. The SMILES string of the molecule is CNC(=O)COc1ccc(Oc2ncc(C)cc2[N+](=O)[O-])cc1. The number of amides is 1. The van der Waals surface area contributed by atoms with Gasteiger partial charge < -0.3 is 14.8 Å². The number of nitrogens with one attached hydrogen (secondary N) is 1. The van der Waals surface area contributed by atoms with Gasteiger partial charge in [-0.3, -0.25) is 14.9 Å². The van der Waals surface area contributed by atoms with Crippen LogP contribution in [-0.4, -0.2) is 29.5 Å². The first-order valence-electron chi connectivity index (χ1n) is 6.72. The van der Waals surface area contributed by atoms with E-state index in [0.717, 1.165) is 0 Å². The Bertz CT molecular complexity index is 716. The fourth-order valence-electron chi connectivity index (χ4n) is 1.69. The molecule has 2 rings (SSSR count). The van der Waals surface area contributed by atoms with E-state index in [1.807, 2.05) is 0 Å². The highest BCUT2D eigenvalue weighted by molar-refractivity contribution is 5.77. The summed E-state index contributed by atoms with van der Waals surface area (Å²) in [6.07, 6.45) is 1.49. The van der Waals surface area contributed by atoms with Crippen molar-refractivity contribution in [2.45, 2.75) is 6.92 Å². The summed E-state index contributed by atoms with van der Waals surface area (Å²) in [4.78, 5) is 25.5. The van der Waals surface area contributed by atoms with Crippen molar-refractivity contribution in [3.63, 3.8) is 0 Å². The van der Waals surface area contributed by atoms with Crippen LogP contribution in [0.5, 0.6) is 17.4 Å². The second-order valence-corrected chi connectivity index (χ2v) is 4.63. The summed E-state index contributed by atoms with van der Waals surface area (Å²) < 4.78 is 10.7. The molecule has 23 heavy (non-hydrogen) atoms. The van der Waals surface area contributed by atoms with E-state index in [2.05, 4.69) is 10.3 Å². The summed E-state index contributed by atoms with van der Waals surface area (Å²) in [5, 5.41) is 13.5. The van der Waals surface area contributed by atoms with Crippen molar-refractivity contribution in [2.24, 2.45) is 0 Å². The smallest absolute Gasteiger partial charge is 0.331 e. The van der Waals surface area contributed by atoms with E-state index in [9.17, 15) is 14.9 Å². The van der Waals surface area contributed by atoms with Crippen molar-refractivity contribution in [3.8, 4) is 17.4 Å². The van der Waals surface area contributed by atoms with E-state index in [4.69, 9.17) is 9.47 Å². The highest BCUT2D eigenvalue weighted by Crippen LogP contribution is 2.30. The van der Waals surface area contributed by atoms with E-state index in [1.165, 1.54) is 19.3 Å². The summed E-state index contributed by atoms with van der Waals surface area (Å²) in [5.41, 5.74) is 0.465. The van der Waals surface area contributed by atoms with Gasteiger partial charge in [-0.2, -0.15) is 0 Å². The lowest BCUT2D eigenvalue weighted by molar-refractivity contribution is -0.386. The molecule has 1 heterocycles. The number of aryl methyl sites for hydroxylation is 1. The standard InChI is InChI=1S/C15H15N3O5/c1-10-7-13(18(20)21)15(17-8-10)23-12-5-3-11(4-6-12)22-9-14(19)16-2/h3-8H,9H2,1-2H3,(H,16,19). The molecule has 0 unspecified atom stereocenters. The second-order valence-electron chi connectivity index (χ2n) is 4.63. The molecule has 0 aliphatic carbocycles. The van der Waals surface area contributed by atoms with E-state index >= 15 is 0 Å². The van der Waals surface area contributed by atoms with Gasteiger partial charge in [-0.1, -0.05) is 0 Å². The zero-order chi connectivity index (χ0) is 16.8. The molecule has 0 spiro atoms. The topological polar surface area (TPSA) is 104 Å². The molecule has 1 aromatic heterocycles. The minimum Gasteiger partial charge on any atom is -0.484 e. The van der Waals surface area contributed by atoms with Crippen LogP contribution in [0.3, 0.4) is 0 Å². The van der Waals surface area contributed by atoms with Crippen molar-refractivity contribution in [1.82, 2.24) is 10.3 Å². The number of hydrogen-bond acceptors (Lipinski definition) is 6. The van der Waals surface area contributed by atoms with Crippen molar-refractivity contribution in [2.75, 3.05) is 13.7 Å². The molecule has 0 aliphatic rings. The number of pyridine rings is 1. The third-order valence-electron chi connectivity index (χ3n) is 2.85. The van der Waals surface area contributed by atoms with Gasteiger partial charge in [0.25, 0.3) is 11.8 Å². The average molecular weight is 317 g/mol. The lowest BCUT2D eigenvalue weighted by atomic mass is 10.3. The molecule has 0 aliphatic heterocycles. The maximum Gasteiger partial charge on any atom is 0.331 e. The lowest BCUT2D eigenvalue weighted by Gasteiger charge is -2.08. The summed E-state index contributed by atoms with van der Waals surface area (Å²) in [6.45, 7) is 1.62. The number of nitro groups is 1. The van der Waals surface area contributed by atoms with Crippen LogP contribution < -0.4 is 14.8 Å². The predicted octanol–water partition coefficient (Wildman–Crippen LogP) is 2.22. The number of likely N-dealkylation sites (N-methyl/N-ethyl adjacent to an activating group) is 1. The van der Waals surface area contributed by atoms with Gasteiger partial charge in [0.1, 0.15) is 11.5 Å². The van der Waals surface area contributed by atoms with Crippen LogP contribution in [0.2, 0.25) is 0 Å². The van der Waals surface area contributed by atoms with Gasteiger partial charge in [-0.15, -0.1) is 0 Å². The van der Waals surface area contributed by atoms with E-state index in [0.29, 0.717) is 17.1 Å². The number of nitrogens with zero attached hydrogens (tertiary/aromatic N) is 2. The van der Waals surface area contributed by atoms with Crippen LogP contribution >= 0.6 is 0 Å². The molecule has 2 aromatic rings. The van der Waals surface area contributed by atoms with Gasteiger partial charge in [0.2, 0.25) is 0 Å². The molecule has 120 valence electrons. The summed E-state index contributed by atoms with van der Waals surface area (Å²) in [7, 11) is 1.52. The van der Waals surface area contributed by atoms with Crippen LogP contribution in [0.25, 0.3) is 0 Å². The zero-order valence-corrected chi connectivity index (χ0v) is 12.6. The first-order chi connectivity index (χ1) is 11.0. The normalized spacial score (nSPS) is 10.0. The Morgan fingerprint density at radius 3 is 2.57 bits per heavy atom. The van der Waals surface area contributed by atoms with Crippen molar-refractivity contribution in [1.29, 1.82) is 0 Å². The predicted molar refractivity (Wildman–Crippen MR) is 81.7 cm³/mol. The van der Waals surface area contributed by atoms with E-state index in [-0.39, 0.29) is 24.1 Å². The Hall–Kier alpha value is -3.16. The summed E-state index contributed by atoms with van der Waals surface area (Å²) in [6, 6.07) is 7.73. The molecule has 0 saturated carbocycles. The average Bonchev–Trinajstić information content (AvgIpc) is 2.55. The Balaban J connectivity index is 2.09. The Morgan fingerprint density at radius 1 is 1.30 bits per heavy atom. The number of carbonyl (C=O) groups excluding carboxylic acids is 1. The molecular formula is C15H15N3O5. The van der Waals surface area contributed by atoms with Crippen molar-refractivity contribution >= 4 is 11.6 Å². The molecule has 8 nitrogen and oxygen atoms in total. The minimum atomic E-state index is -0.545. The number of carbonyl (C=O) groups is 1. The fourth-order valence-corrected chi connectivity index (χ4v) is 1.69. The van der Waals surface area contributed by atoms with Crippen LogP contribution in [0, 0.1) is 17.0 Å². The van der Waals surface area contributed by atoms with E-state index in [1.54, 1.807) is 31.2 Å². The Labute approximate surface area is 132 Å². The fraction of sp³-hybridized carbons (Fsp3) is 0.200. The number of benzene rings is 1. The van der Waals surface area contributed by atoms with Gasteiger partial charge in [-0.25, -0.2) is 4.98 Å². The third-order valence-corrected chi connectivity index (χ3v) is 2.85. The van der Waals surface area contributed by atoms with Crippen molar-refractivity contribution in [3.05, 3.63) is 52.2 Å². The highest BCUT2D eigenvalue weighted by atomic mass is 16.6. The Morgan fingerprint density at radius 2 is 1.96 bits per heavy atom. The van der Waals surface area contributed by atoms with Gasteiger partial charge >= 0.3 is 5.69 Å². The summed E-state index contributed by atoms with van der Waals surface area (Å²) >= 11 is 0. The zero-order valence-electron chi connectivity index (χ0n) is 12.6. The van der Waals surface area contributed by atoms with Gasteiger partial charge in [0, 0.05) is 19.3 Å². The lowest BCUT2D eigenvalue weighted by Crippen LogP contribution is -2.24. The second kappa shape index (κ2) is 7.21. The van der Waals surface area contributed by atoms with Crippen LogP contribution in [-0.2, 0) is 4.79 Å². The first-order valence-corrected chi connectivity index (χ1v) is 6.72. The first kappa shape index (κ1) is 16.2. The number of aromatic nitrogens is 1. The third kappa shape index (κ3) is 4.40. The van der Waals surface area contributed by atoms with Crippen LogP contribution in [0.1, 0.15) is 5.56 Å². The molecule has 1 amide bonds. The molecule has 0 radical (unpaired) electrons. The van der Waals surface area contributed by atoms with Gasteiger partial charge in [-0.05, 0) is 36.8 Å². The monoisotopic (exact) mass is 317 g/mol. The molecular weight excluding hydrogens is 302 g/mol. The van der Waals surface area contributed by atoms with Gasteiger partial charge in [0.05, 0.1) is 4.92 Å². The van der Waals surface area contributed by atoms with E-state index < -0.39 is 4.92 Å². The molecule has 0 bridgehead atoms. The molecule has 0 fully saturated rings. The quantitative estimate of drug-likeness (QED) is 0.647. The maximum absolute atomic E-state index is 11.1. The van der Waals surface area contributed by atoms with Crippen LogP contribution in [0.15, 0.2) is 36.5 Å². The van der Waals surface area contributed by atoms with Crippen LogP contribution in [0.4, 0.5) is 5.69 Å². The minimum absolute atomic E-state index is 0.0837. The number of ether oxygens (including phenoxy) is 2. The molecule has 0 saturated heterocycles. The number of rotatable bonds is 6. The maximum atomic E-state index is 11.1. The molecule has 0 atom stereocenters. The number of hydrogen-bond donors (Lipinski definition) is 1.